The molecule has 0 aliphatic carbocycles. The minimum absolute atomic E-state index is 0.170. The molecule has 1 atom stereocenters. The summed E-state index contributed by atoms with van der Waals surface area (Å²) in [6.07, 6.45) is 3.79. The summed E-state index contributed by atoms with van der Waals surface area (Å²) in [5, 5.41) is 0.472. The molecule has 0 N–H and O–H groups in total. The molecule has 0 bridgehead atoms. The summed E-state index contributed by atoms with van der Waals surface area (Å²) in [7, 11) is 2.96. The van der Waals surface area contributed by atoms with E-state index in [1.807, 2.05) is 0 Å². The fraction of sp³-hybridized carbons (Fsp3) is 0.500. The van der Waals surface area contributed by atoms with Gasteiger partial charge in [-0.2, -0.15) is 0 Å². The van der Waals surface area contributed by atoms with Crippen LogP contribution in [0.5, 0.6) is 0 Å². The number of hydrogen-bond donors (Lipinski definition) is 0. The van der Waals surface area contributed by atoms with Gasteiger partial charge in [0, 0.05) is 13.6 Å². The number of carbonyl (C=O) groups is 2. The number of piperidine rings is 1. The average molecular weight is 349 g/mol. The predicted molar refractivity (Wildman–Crippen MR) is 90.3 cm³/mol. The number of esters is 1. The first kappa shape index (κ1) is 16.6. The van der Waals surface area contributed by atoms with Crippen LogP contribution in [-0.2, 0) is 16.6 Å². The molecule has 1 unspecified atom stereocenters. The molecule has 8 heteroatoms. The van der Waals surface area contributed by atoms with Crippen LogP contribution in [0.1, 0.15) is 34.5 Å². The van der Waals surface area contributed by atoms with E-state index in [1.54, 1.807) is 18.9 Å². The summed E-state index contributed by atoms with van der Waals surface area (Å²) in [5.74, 6) is -0.622. The number of amides is 1. The molecule has 2 aromatic rings. The molecule has 3 heterocycles. The SMILES string of the molecule is COC(=O)C1CCCCN1C(=O)c1sc2ncn(C)c(=O)c2c1C. The Hall–Kier alpha value is -2.22. The van der Waals surface area contributed by atoms with Gasteiger partial charge in [0.15, 0.2) is 0 Å². The molecule has 0 saturated carbocycles. The maximum absolute atomic E-state index is 13.0. The third-order valence-electron chi connectivity index (χ3n) is 4.44. The summed E-state index contributed by atoms with van der Waals surface area (Å²) in [5.41, 5.74) is 0.457. The van der Waals surface area contributed by atoms with Gasteiger partial charge < -0.3 is 14.2 Å². The Morgan fingerprint density at radius 1 is 1.38 bits per heavy atom. The predicted octanol–water partition coefficient (Wildman–Crippen LogP) is 1.47. The maximum atomic E-state index is 13.0. The first-order valence-electron chi connectivity index (χ1n) is 7.79. The average Bonchev–Trinajstić information content (AvgIpc) is 2.94. The fourth-order valence-corrected chi connectivity index (χ4v) is 4.19. The van der Waals surface area contributed by atoms with Crippen molar-refractivity contribution in [2.45, 2.75) is 32.2 Å². The monoisotopic (exact) mass is 349 g/mol. The highest BCUT2D eigenvalue weighted by Crippen LogP contribution is 2.30. The number of hydrogen-bond acceptors (Lipinski definition) is 6. The van der Waals surface area contributed by atoms with Gasteiger partial charge in [-0.15, -0.1) is 11.3 Å². The zero-order valence-corrected chi connectivity index (χ0v) is 14.7. The topological polar surface area (TPSA) is 81.5 Å². The van der Waals surface area contributed by atoms with E-state index in [1.165, 1.54) is 29.3 Å². The van der Waals surface area contributed by atoms with Crippen LogP contribution in [0.2, 0.25) is 0 Å². The Balaban J connectivity index is 2.05. The highest BCUT2D eigenvalue weighted by Gasteiger charge is 2.35. The van der Waals surface area contributed by atoms with Gasteiger partial charge in [-0.05, 0) is 31.7 Å². The minimum atomic E-state index is -0.559. The molecule has 1 aliphatic heterocycles. The van der Waals surface area contributed by atoms with E-state index < -0.39 is 12.0 Å². The molecule has 1 aliphatic rings. The van der Waals surface area contributed by atoms with Crippen molar-refractivity contribution in [3.05, 3.63) is 27.1 Å². The Morgan fingerprint density at radius 2 is 2.12 bits per heavy atom. The lowest BCUT2D eigenvalue weighted by molar-refractivity contribution is -0.147. The normalized spacial score (nSPS) is 18.0. The van der Waals surface area contributed by atoms with E-state index in [0.717, 1.165) is 12.8 Å². The van der Waals surface area contributed by atoms with Gasteiger partial charge in [0.1, 0.15) is 10.9 Å². The third-order valence-corrected chi connectivity index (χ3v) is 5.63. The van der Waals surface area contributed by atoms with Crippen LogP contribution in [0.4, 0.5) is 0 Å². The molecule has 1 saturated heterocycles. The van der Waals surface area contributed by atoms with Crippen LogP contribution in [0.3, 0.4) is 0 Å². The summed E-state index contributed by atoms with van der Waals surface area (Å²) in [6, 6.07) is -0.559. The van der Waals surface area contributed by atoms with Crippen LogP contribution in [0.15, 0.2) is 11.1 Å². The number of nitrogens with zero attached hydrogens (tertiary/aromatic N) is 3. The van der Waals surface area contributed by atoms with Gasteiger partial charge in [0.25, 0.3) is 11.5 Å². The second-order valence-corrected chi connectivity index (χ2v) is 6.93. The summed E-state index contributed by atoms with van der Waals surface area (Å²) >= 11 is 1.20. The van der Waals surface area contributed by atoms with Gasteiger partial charge >= 0.3 is 5.97 Å². The molecule has 2 aromatic heterocycles. The summed E-state index contributed by atoms with van der Waals surface area (Å²) in [6.45, 7) is 2.27. The first-order valence-corrected chi connectivity index (χ1v) is 8.61. The van der Waals surface area contributed by atoms with Crippen molar-refractivity contribution in [1.29, 1.82) is 0 Å². The van der Waals surface area contributed by atoms with Crippen molar-refractivity contribution in [3.8, 4) is 0 Å². The zero-order chi connectivity index (χ0) is 17.4. The molecule has 0 radical (unpaired) electrons. The molecule has 7 nitrogen and oxygen atoms in total. The van der Waals surface area contributed by atoms with E-state index in [0.29, 0.717) is 33.6 Å². The van der Waals surface area contributed by atoms with E-state index in [9.17, 15) is 14.4 Å². The van der Waals surface area contributed by atoms with Crippen molar-refractivity contribution in [2.75, 3.05) is 13.7 Å². The van der Waals surface area contributed by atoms with Crippen LogP contribution < -0.4 is 5.56 Å². The number of ether oxygens (including phenoxy) is 1. The van der Waals surface area contributed by atoms with Crippen molar-refractivity contribution in [2.24, 2.45) is 7.05 Å². The summed E-state index contributed by atoms with van der Waals surface area (Å²) in [4.78, 5) is 44.1. The fourth-order valence-electron chi connectivity index (χ4n) is 3.10. The first-order chi connectivity index (χ1) is 11.5. The van der Waals surface area contributed by atoms with Crippen molar-refractivity contribution < 1.29 is 14.3 Å². The van der Waals surface area contributed by atoms with E-state index in [2.05, 4.69) is 4.98 Å². The van der Waals surface area contributed by atoms with Crippen molar-refractivity contribution in [1.82, 2.24) is 14.5 Å². The molecular weight excluding hydrogens is 330 g/mol. The quantitative estimate of drug-likeness (QED) is 0.767. The number of fused-ring (bicyclic) bond motifs is 1. The smallest absolute Gasteiger partial charge is 0.328 e. The van der Waals surface area contributed by atoms with Crippen LogP contribution in [-0.4, -0.2) is 46.0 Å². The molecule has 128 valence electrons. The number of aromatic nitrogens is 2. The highest BCUT2D eigenvalue weighted by atomic mass is 32.1. The highest BCUT2D eigenvalue weighted by molar-refractivity contribution is 7.20. The van der Waals surface area contributed by atoms with Gasteiger partial charge in [0.2, 0.25) is 0 Å². The number of thiophene rings is 1. The maximum Gasteiger partial charge on any atom is 0.328 e. The molecular formula is C16H19N3O4S. The minimum Gasteiger partial charge on any atom is -0.467 e. The molecule has 3 rings (SSSR count). The number of likely N-dealkylation sites (tertiary alicyclic amines) is 1. The third kappa shape index (κ3) is 2.60. The molecule has 0 spiro atoms. The molecule has 1 amide bonds. The lowest BCUT2D eigenvalue weighted by Crippen LogP contribution is -2.48. The Labute approximate surface area is 142 Å². The van der Waals surface area contributed by atoms with Crippen molar-refractivity contribution in [3.63, 3.8) is 0 Å². The van der Waals surface area contributed by atoms with Crippen LogP contribution >= 0.6 is 11.3 Å². The second kappa shape index (κ2) is 6.35. The lowest BCUT2D eigenvalue weighted by Gasteiger charge is -2.33. The number of methoxy groups -OCH3 is 1. The van der Waals surface area contributed by atoms with Gasteiger partial charge in [-0.3, -0.25) is 9.59 Å². The van der Waals surface area contributed by atoms with Gasteiger partial charge in [0.05, 0.1) is 23.7 Å². The number of carbonyl (C=O) groups excluding carboxylic acids is 2. The molecule has 0 aromatic carbocycles. The van der Waals surface area contributed by atoms with Crippen LogP contribution in [0.25, 0.3) is 10.2 Å². The zero-order valence-electron chi connectivity index (χ0n) is 13.9. The number of aryl methyl sites for hydroxylation is 2. The van der Waals surface area contributed by atoms with E-state index >= 15 is 0 Å². The van der Waals surface area contributed by atoms with Crippen molar-refractivity contribution >= 4 is 33.4 Å². The van der Waals surface area contributed by atoms with E-state index in [4.69, 9.17) is 4.74 Å². The second-order valence-electron chi connectivity index (χ2n) is 5.93. The standard InChI is InChI=1S/C16H19N3O4S/c1-9-11-13(17-8-18(2)14(11)20)24-12(9)15(21)19-7-5-4-6-10(19)16(22)23-3/h8,10H,4-7H2,1-3H3. The Morgan fingerprint density at radius 3 is 2.83 bits per heavy atom. The van der Waals surface area contributed by atoms with Gasteiger partial charge in [-0.25, -0.2) is 9.78 Å². The van der Waals surface area contributed by atoms with Gasteiger partial charge in [-0.1, -0.05) is 0 Å². The molecule has 1 fully saturated rings. The summed E-state index contributed by atoms with van der Waals surface area (Å²) < 4.78 is 6.23. The number of rotatable bonds is 2. The lowest BCUT2D eigenvalue weighted by atomic mass is 10.0. The van der Waals surface area contributed by atoms with Crippen LogP contribution in [0, 0.1) is 6.92 Å². The largest absolute Gasteiger partial charge is 0.467 e. The van der Waals surface area contributed by atoms with E-state index in [-0.39, 0.29) is 11.5 Å². The molecule has 24 heavy (non-hydrogen) atoms. The Kier molecular flexibility index (Phi) is 4.40. The Bertz CT molecular complexity index is 870.